The van der Waals surface area contributed by atoms with Gasteiger partial charge >= 0.3 is 0 Å². The van der Waals surface area contributed by atoms with Crippen molar-refractivity contribution in [3.05, 3.63) is 17.8 Å². The van der Waals surface area contributed by atoms with Gasteiger partial charge in [0.25, 0.3) is 0 Å². The summed E-state index contributed by atoms with van der Waals surface area (Å²) in [6, 6.07) is 4.00. The van der Waals surface area contributed by atoms with Gasteiger partial charge in [0, 0.05) is 34.3 Å². The molecule has 1 atom stereocenters. The third-order valence-electron chi connectivity index (χ3n) is 4.29. The van der Waals surface area contributed by atoms with Gasteiger partial charge in [-0.2, -0.15) is 5.10 Å². The van der Waals surface area contributed by atoms with Crippen LogP contribution in [0.5, 0.6) is 0 Å². The number of nitrogens with one attached hydrogen (secondary N) is 1. The summed E-state index contributed by atoms with van der Waals surface area (Å²) in [5.41, 5.74) is 1.01. The Bertz CT molecular complexity index is 506. The van der Waals surface area contributed by atoms with Crippen LogP contribution in [0.1, 0.15) is 18.5 Å². The minimum atomic E-state index is 0.168. The molecule has 0 bridgehead atoms. The number of methoxy groups -OCH3 is 1. The molecule has 2 rings (SSSR count). The van der Waals surface area contributed by atoms with Gasteiger partial charge in [0.1, 0.15) is 5.82 Å². The van der Waals surface area contributed by atoms with E-state index in [4.69, 9.17) is 4.74 Å². The van der Waals surface area contributed by atoms with Crippen molar-refractivity contribution < 1.29 is 9.53 Å². The molecule has 1 amide bonds. The lowest BCUT2D eigenvalue weighted by atomic mass is 9.93. The summed E-state index contributed by atoms with van der Waals surface area (Å²) in [4.78, 5) is 15.8. The van der Waals surface area contributed by atoms with Crippen molar-refractivity contribution >= 4 is 11.7 Å². The van der Waals surface area contributed by atoms with E-state index >= 15 is 0 Å². The standard InChI is InChI=1S/C17H29N5O2/c1-21(2)17(23)13-22-9-4-5-14(12-22)11-15-6-7-16(20-19-15)18-8-10-24-3/h6-7,14H,4-5,8-13H2,1-3H3,(H,18,20)/t14-/m0/s1. The molecule has 0 aliphatic carbocycles. The van der Waals surface area contributed by atoms with Crippen LogP contribution in [0.4, 0.5) is 5.82 Å². The second-order valence-electron chi connectivity index (χ2n) is 6.57. The number of hydrogen-bond acceptors (Lipinski definition) is 6. The smallest absolute Gasteiger partial charge is 0.236 e. The van der Waals surface area contributed by atoms with Crippen LogP contribution in [0.2, 0.25) is 0 Å². The summed E-state index contributed by atoms with van der Waals surface area (Å²) < 4.78 is 5.00. The lowest BCUT2D eigenvalue weighted by Gasteiger charge is -2.32. The first-order valence-corrected chi connectivity index (χ1v) is 8.56. The van der Waals surface area contributed by atoms with Crippen LogP contribution >= 0.6 is 0 Å². The maximum atomic E-state index is 11.9. The molecule has 1 aromatic rings. The van der Waals surface area contributed by atoms with Crippen molar-refractivity contribution in [3.63, 3.8) is 0 Å². The molecule has 1 aliphatic rings. The summed E-state index contributed by atoms with van der Waals surface area (Å²) in [6.07, 6.45) is 3.23. The van der Waals surface area contributed by atoms with E-state index in [0.717, 1.165) is 44.0 Å². The molecular weight excluding hydrogens is 306 g/mol. The Morgan fingerprint density at radius 2 is 2.25 bits per heavy atom. The fourth-order valence-electron chi connectivity index (χ4n) is 2.93. The molecule has 1 aromatic heterocycles. The second-order valence-corrected chi connectivity index (χ2v) is 6.57. The molecule has 7 heteroatoms. The first kappa shape index (κ1) is 18.6. The molecule has 134 valence electrons. The Balaban J connectivity index is 1.81. The molecule has 0 spiro atoms. The predicted octanol–water partition coefficient (Wildman–Crippen LogP) is 0.878. The number of piperidine rings is 1. The second kappa shape index (κ2) is 9.54. The summed E-state index contributed by atoms with van der Waals surface area (Å²) in [7, 11) is 5.29. The molecule has 7 nitrogen and oxygen atoms in total. The van der Waals surface area contributed by atoms with Crippen LogP contribution in [-0.4, -0.2) is 79.9 Å². The number of likely N-dealkylation sites (N-methyl/N-ethyl adjacent to an activating group) is 1. The van der Waals surface area contributed by atoms with Crippen molar-refractivity contribution in [3.8, 4) is 0 Å². The minimum absolute atomic E-state index is 0.168. The number of hydrogen-bond donors (Lipinski definition) is 1. The molecule has 24 heavy (non-hydrogen) atoms. The average Bonchev–Trinajstić information content (AvgIpc) is 2.57. The van der Waals surface area contributed by atoms with E-state index in [0.29, 0.717) is 19.1 Å². The van der Waals surface area contributed by atoms with Gasteiger partial charge in [0.05, 0.1) is 18.8 Å². The highest BCUT2D eigenvalue weighted by molar-refractivity contribution is 5.77. The average molecular weight is 335 g/mol. The number of aromatic nitrogens is 2. The lowest BCUT2D eigenvalue weighted by Crippen LogP contribution is -2.42. The van der Waals surface area contributed by atoms with Crippen LogP contribution < -0.4 is 5.32 Å². The number of amides is 1. The Hall–Kier alpha value is -1.73. The van der Waals surface area contributed by atoms with E-state index in [2.05, 4.69) is 20.4 Å². The molecule has 0 unspecified atom stereocenters. The van der Waals surface area contributed by atoms with Crippen LogP contribution in [0, 0.1) is 5.92 Å². The highest BCUT2D eigenvalue weighted by Gasteiger charge is 2.22. The summed E-state index contributed by atoms with van der Waals surface area (Å²) >= 11 is 0. The number of ether oxygens (including phenoxy) is 1. The number of anilines is 1. The van der Waals surface area contributed by atoms with Gasteiger partial charge in [-0.25, -0.2) is 0 Å². The van der Waals surface area contributed by atoms with Crippen molar-refractivity contribution in [2.75, 3.05) is 59.3 Å². The number of likely N-dealkylation sites (tertiary alicyclic amines) is 1. The van der Waals surface area contributed by atoms with E-state index in [1.165, 1.54) is 6.42 Å². The number of rotatable bonds is 8. The molecule has 1 saturated heterocycles. The highest BCUT2D eigenvalue weighted by Crippen LogP contribution is 2.20. The fourth-order valence-corrected chi connectivity index (χ4v) is 2.93. The molecule has 0 aromatic carbocycles. The van der Waals surface area contributed by atoms with E-state index in [-0.39, 0.29) is 5.91 Å². The number of carbonyl (C=O) groups is 1. The van der Waals surface area contributed by atoms with E-state index < -0.39 is 0 Å². The van der Waals surface area contributed by atoms with E-state index in [9.17, 15) is 4.79 Å². The summed E-state index contributed by atoms with van der Waals surface area (Å²) in [5.74, 6) is 1.48. The minimum Gasteiger partial charge on any atom is -0.383 e. The van der Waals surface area contributed by atoms with Gasteiger partial charge in [-0.05, 0) is 43.9 Å². The van der Waals surface area contributed by atoms with Crippen LogP contribution in [0.15, 0.2) is 12.1 Å². The summed E-state index contributed by atoms with van der Waals surface area (Å²) in [5, 5.41) is 11.7. The number of nitrogens with zero attached hydrogens (tertiary/aromatic N) is 4. The van der Waals surface area contributed by atoms with Crippen molar-refractivity contribution in [1.29, 1.82) is 0 Å². The lowest BCUT2D eigenvalue weighted by molar-refractivity contribution is -0.130. The monoisotopic (exact) mass is 335 g/mol. The van der Waals surface area contributed by atoms with E-state index in [1.54, 1.807) is 12.0 Å². The van der Waals surface area contributed by atoms with Crippen LogP contribution in [-0.2, 0) is 16.0 Å². The zero-order chi connectivity index (χ0) is 17.4. The van der Waals surface area contributed by atoms with Crippen LogP contribution in [0.3, 0.4) is 0 Å². The molecule has 2 heterocycles. The van der Waals surface area contributed by atoms with Crippen LogP contribution in [0.25, 0.3) is 0 Å². The molecule has 1 N–H and O–H groups in total. The maximum Gasteiger partial charge on any atom is 0.236 e. The van der Waals surface area contributed by atoms with E-state index in [1.807, 2.05) is 26.2 Å². The third-order valence-corrected chi connectivity index (χ3v) is 4.29. The molecule has 0 saturated carbocycles. The van der Waals surface area contributed by atoms with Gasteiger partial charge < -0.3 is 15.0 Å². The topological polar surface area (TPSA) is 70.6 Å². The largest absolute Gasteiger partial charge is 0.383 e. The zero-order valence-electron chi connectivity index (χ0n) is 15.0. The summed E-state index contributed by atoms with van der Waals surface area (Å²) in [6.45, 7) is 3.84. The molecule has 1 fully saturated rings. The van der Waals surface area contributed by atoms with Crippen molar-refractivity contribution in [2.24, 2.45) is 5.92 Å². The molecular formula is C17H29N5O2. The van der Waals surface area contributed by atoms with Crippen molar-refractivity contribution in [1.82, 2.24) is 20.0 Å². The maximum absolute atomic E-state index is 11.9. The molecule has 0 radical (unpaired) electrons. The Kier molecular flexibility index (Phi) is 7.39. The molecule has 1 aliphatic heterocycles. The first-order valence-electron chi connectivity index (χ1n) is 8.56. The fraction of sp³-hybridized carbons (Fsp3) is 0.706. The third kappa shape index (κ3) is 6.05. The zero-order valence-corrected chi connectivity index (χ0v) is 15.0. The quantitative estimate of drug-likeness (QED) is 0.711. The number of carbonyl (C=O) groups excluding carboxylic acids is 1. The normalized spacial score (nSPS) is 18.4. The van der Waals surface area contributed by atoms with Gasteiger partial charge in [0.15, 0.2) is 0 Å². The predicted molar refractivity (Wildman–Crippen MR) is 94.0 cm³/mol. The SMILES string of the molecule is COCCNc1ccc(C[C@@H]2CCCN(CC(=O)N(C)C)C2)nn1. The van der Waals surface area contributed by atoms with Crippen molar-refractivity contribution in [2.45, 2.75) is 19.3 Å². The van der Waals surface area contributed by atoms with Gasteiger partial charge in [-0.1, -0.05) is 0 Å². The Labute approximate surface area is 144 Å². The Morgan fingerprint density at radius 3 is 2.92 bits per heavy atom. The van der Waals surface area contributed by atoms with Gasteiger partial charge in [-0.15, -0.1) is 5.10 Å². The highest BCUT2D eigenvalue weighted by atomic mass is 16.5. The first-order chi connectivity index (χ1) is 11.6. The Morgan fingerprint density at radius 1 is 1.42 bits per heavy atom. The van der Waals surface area contributed by atoms with Gasteiger partial charge in [0.2, 0.25) is 5.91 Å². The van der Waals surface area contributed by atoms with Gasteiger partial charge in [-0.3, -0.25) is 9.69 Å².